The van der Waals surface area contributed by atoms with E-state index in [2.05, 4.69) is 91.9 Å². The summed E-state index contributed by atoms with van der Waals surface area (Å²) in [6, 6.07) is 39.3. The van der Waals surface area contributed by atoms with Gasteiger partial charge in [-0.25, -0.2) is 4.99 Å². The Bertz CT molecular complexity index is 1130. The molecule has 0 aliphatic rings. The largest absolute Gasteiger partial charge is 0.443 e. The minimum absolute atomic E-state index is 0.225. The monoisotopic (exact) mass is 533 g/mol. The second-order valence-corrected chi connectivity index (χ2v) is 12.8. The summed E-state index contributed by atoms with van der Waals surface area (Å²) in [4.78, 5) is 7.41. The van der Waals surface area contributed by atoms with E-state index in [0.717, 1.165) is 17.9 Å². The van der Waals surface area contributed by atoms with Crippen LogP contribution in [0.4, 0.5) is 5.69 Å². The van der Waals surface area contributed by atoms with Crippen molar-refractivity contribution in [3.8, 4) is 5.75 Å². The first kappa shape index (κ1) is 25.8. The molecule has 0 heterocycles. The van der Waals surface area contributed by atoms with Gasteiger partial charge < -0.3 is 4.74 Å². The average molecular weight is 534 g/mol. The second-order valence-electron chi connectivity index (χ2n) is 7.56. The molecule has 178 valence electrons. The number of aryl methyl sites for hydroxylation is 1. The summed E-state index contributed by atoms with van der Waals surface area (Å²) in [7, 11) is 7.28. The Morgan fingerprint density at radius 3 is 1.71 bits per heavy atom. The van der Waals surface area contributed by atoms with Crippen LogP contribution in [0.5, 0.6) is 5.75 Å². The highest BCUT2D eigenvalue weighted by atomic mass is 33.1. The van der Waals surface area contributed by atoms with Crippen LogP contribution in [-0.4, -0.2) is 10.5 Å². The normalized spacial score (nSPS) is 11.5. The molecule has 0 saturated heterocycles. The molecule has 4 rings (SSSR count). The lowest BCUT2D eigenvalue weighted by molar-refractivity contribution is 0.535. The van der Waals surface area contributed by atoms with Crippen LogP contribution in [0.1, 0.15) is 18.9 Å². The summed E-state index contributed by atoms with van der Waals surface area (Å²) in [6.07, 6.45) is 1.71. The molecule has 6 heteroatoms. The number of nitrogens with zero attached hydrogens (tertiary/aromatic N) is 1. The van der Waals surface area contributed by atoms with Gasteiger partial charge in [0, 0.05) is 16.2 Å². The van der Waals surface area contributed by atoms with E-state index in [1.54, 1.807) is 21.6 Å². The maximum Gasteiger partial charge on any atom is 0.197 e. The van der Waals surface area contributed by atoms with Crippen molar-refractivity contribution in [1.82, 2.24) is 0 Å². The van der Waals surface area contributed by atoms with E-state index in [1.165, 1.54) is 15.4 Å². The highest BCUT2D eigenvalue weighted by Crippen LogP contribution is 2.47. The fraction of sp³-hybridized carbons (Fsp3) is 0.138. The molecule has 0 aliphatic carbocycles. The third-order valence-corrected chi connectivity index (χ3v) is 11.2. The van der Waals surface area contributed by atoms with Gasteiger partial charge in [0.05, 0.1) is 10.3 Å². The topological polar surface area (TPSA) is 21.6 Å². The van der Waals surface area contributed by atoms with Crippen molar-refractivity contribution in [2.45, 2.75) is 34.1 Å². The van der Waals surface area contributed by atoms with Crippen molar-refractivity contribution < 1.29 is 4.74 Å². The highest BCUT2D eigenvalue weighted by molar-refractivity contribution is 8.85. The Kier molecular flexibility index (Phi) is 10.6. The smallest absolute Gasteiger partial charge is 0.197 e. The first-order valence-electron chi connectivity index (χ1n) is 11.4. The van der Waals surface area contributed by atoms with Gasteiger partial charge in [-0.2, -0.15) is 0 Å². The van der Waals surface area contributed by atoms with Crippen molar-refractivity contribution >= 4 is 54.8 Å². The summed E-state index contributed by atoms with van der Waals surface area (Å²) in [6.45, 7) is 2.16. The van der Waals surface area contributed by atoms with Crippen LogP contribution < -0.4 is 4.74 Å². The lowest BCUT2D eigenvalue weighted by Gasteiger charge is -2.17. The molecule has 0 atom stereocenters. The summed E-state index contributed by atoms with van der Waals surface area (Å²) < 4.78 is 6.54. The van der Waals surface area contributed by atoms with Crippen LogP contribution in [0.3, 0.4) is 0 Å². The molecule has 35 heavy (non-hydrogen) atoms. The van der Waals surface area contributed by atoms with Crippen LogP contribution in [0.15, 0.2) is 130 Å². The van der Waals surface area contributed by atoms with E-state index in [0.29, 0.717) is 12.3 Å². The van der Waals surface area contributed by atoms with Gasteiger partial charge in [-0.3, -0.25) is 0 Å². The Morgan fingerprint density at radius 1 is 0.686 bits per heavy atom. The van der Waals surface area contributed by atoms with Crippen LogP contribution in [0.2, 0.25) is 0 Å². The van der Waals surface area contributed by atoms with E-state index in [1.807, 2.05) is 51.9 Å². The number of hydrogen-bond acceptors (Lipinski definition) is 6. The van der Waals surface area contributed by atoms with Crippen LogP contribution in [-0.2, 0) is 6.42 Å². The van der Waals surface area contributed by atoms with Gasteiger partial charge in [-0.05, 0) is 60.5 Å². The molecule has 0 bridgehead atoms. The van der Waals surface area contributed by atoms with Crippen molar-refractivity contribution in [3.05, 3.63) is 121 Å². The fourth-order valence-electron chi connectivity index (χ4n) is 3.08. The fourth-order valence-corrected chi connectivity index (χ4v) is 8.85. The molecule has 0 aliphatic heterocycles. The number of aliphatic imine (C=N–C) groups is 1. The van der Waals surface area contributed by atoms with Crippen LogP contribution >= 0.6 is 43.2 Å². The zero-order chi connectivity index (χ0) is 24.1. The standard InChI is InChI=1S/C29H27NOS4/c1-2-23-18-20-24(21-19-23)30-28(31-25-12-6-3-7-13-25)22-29(34-32-26-14-8-4-9-15-26)35-33-27-16-10-5-11-17-27/h3-21,29H,2,22H2,1H3/b30-28-. The molecule has 0 N–H and O–H groups in total. The summed E-state index contributed by atoms with van der Waals surface area (Å²) >= 11 is 0. The van der Waals surface area contributed by atoms with Gasteiger partial charge in [-0.1, -0.05) is 117 Å². The second kappa shape index (κ2) is 14.3. The minimum atomic E-state index is 0.225. The first-order chi connectivity index (χ1) is 17.3. The average Bonchev–Trinajstić information content (AvgIpc) is 2.92. The van der Waals surface area contributed by atoms with Crippen molar-refractivity contribution in [3.63, 3.8) is 0 Å². The van der Waals surface area contributed by atoms with E-state index in [9.17, 15) is 0 Å². The molecule has 0 amide bonds. The summed E-state index contributed by atoms with van der Waals surface area (Å²) in [5.74, 6) is 1.52. The molecule has 0 aromatic heterocycles. The number of benzene rings is 4. The molecular formula is C29H27NOS4. The van der Waals surface area contributed by atoms with Crippen LogP contribution in [0.25, 0.3) is 0 Å². The van der Waals surface area contributed by atoms with E-state index in [-0.39, 0.29) is 4.58 Å². The zero-order valence-corrected chi connectivity index (χ0v) is 22.7. The zero-order valence-electron chi connectivity index (χ0n) is 19.4. The number of hydrogen-bond donors (Lipinski definition) is 0. The van der Waals surface area contributed by atoms with Gasteiger partial charge in [0.15, 0.2) is 5.90 Å². The number of ether oxygens (including phenoxy) is 1. The third-order valence-electron chi connectivity index (χ3n) is 4.91. The molecule has 0 radical (unpaired) electrons. The Balaban J connectivity index is 1.54. The predicted octanol–water partition coefficient (Wildman–Crippen LogP) is 9.96. The van der Waals surface area contributed by atoms with Gasteiger partial charge in [0.25, 0.3) is 0 Å². The van der Waals surface area contributed by atoms with Gasteiger partial charge >= 0.3 is 0 Å². The summed E-state index contributed by atoms with van der Waals surface area (Å²) in [5, 5.41) is 0. The molecule has 0 spiro atoms. The van der Waals surface area contributed by atoms with Crippen LogP contribution in [0, 0.1) is 0 Å². The molecule has 0 fully saturated rings. The molecule has 0 unspecified atom stereocenters. The highest BCUT2D eigenvalue weighted by Gasteiger charge is 2.18. The quantitative estimate of drug-likeness (QED) is 0.0825. The Morgan fingerprint density at radius 2 is 1.20 bits per heavy atom. The maximum absolute atomic E-state index is 6.31. The molecule has 2 nitrogen and oxygen atoms in total. The lowest BCUT2D eigenvalue weighted by atomic mass is 10.1. The van der Waals surface area contributed by atoms with Crippen molar-refractivity contribution in [2.75, 3.05) is 0 Å². The minimum Gasteiger partial charge on any atom is -0.443 e. The number of para-hydroxylation sites is 1. The van der Waals surface area contributed by atoms with Crippen molar-refractivity contribution in [2.24, 2.45) is 4.99 Å². The van der Waals surface area contributed by atoms with Gasteiger partial charge in [-0.15, -0.1) is 0 Å². The van der Waals surface area contributed by atoms with E-state index in [4.69, 9.17) is 9.73 Å². The third kappa shape index (κ3) is 9.04. The number of rotatable bonds is 11. The molecule has 0 saturated carbocycles. The summed E-state index contributed by atoms with van der Waals surface area (Å²) in [5.41, 5.74) is 2.21. The lowest BCUT2D eigenvalue weighted by Crippen LogP contribution is -2.13. The predicted molar refractivity (Wildman–Crippen MR) is 158 cm³/mol. The van der Waals surface area contributed by atoms with E-state index < -0.39 is 0 Å². The SMILES string of the molecule is CCc1ccc(/N=C(/CC(SSc2ccccc2)SSc2ccccc2)Oc2ccccc2)cc1. The van der Waals surface area contributed by atoms with Gasteiger partial charge in [0.2, 0.25) is 0 Å². The Labute approximate surface area is 224 Å². The first-order valence-corrected chi connectivity index (χ1v) is 15.9. The molecule has 4 aromatic rings. The molecule has 4 aromatic carbocycles. The Hall–Kier alpha value is -2.25. The van der Waals surface area contributed by atoms with Gasteiger partial charge in [0.1, 0.15) is 5.75 Å². The van der Waals surface area contributed by atoms with Crippen molar-refractivity contribution in [1.29, 1.82) is 0 Å². The maximum atomic E-state index is 6.31. The molecular weight excluding hydrogens is 507 g/mol. The van der Waals surface area contributed by atoms with E-state index >= 15 is 0 Å².